The predicted molar refractivity (Wildman–Crippen MR) is 96.2 cm³/mol. The Bertz CT molecular complexity index is 621. The zero-order chi connectivity index (χ0) is 16.8. The normalized spacial score (nSPS) is 20.2. The molecule has 0 radical (unpaired) electrons. The number of thioether (sulfide) groups is 2. The van der Waals surface area contributed by atoms with Crippen LogP contribution in [0.5, 0.6) is 0 Å². The van der Waals surface area contributed by atoms with E-state index in [9.17, 15) is 9.59 Å². The van der Waals surface area contributed by atoms with Crippen molar-refractivity contribution in [3.8, 4) is 0 Å². The summed E-state index contributed by atoms with van der Waals surface area (Å²) in [5.41, 5.74) is 0.630. The van der Waals surface area contributed by atoms with Crippen LogP contribution in [0.15, 0.2) is 60.7 Å². The third-order valence-electron chi connectivity index (χ3n) is 3.33. The lowest BCUT2D eigenvalue weighted by Crippen LogP contribution is -2.29. The van der Waals surface area contributed by atoms with Gasteiger partial charge in [0.05, 0.1) is 11.1 Å². The third kappa shape index (κ3) is 4.55. The minimum Gasteiger partial charge on any atom is -0.447 e. The van der Waals surface area contributed by atoms with E-state index >= 15 is 0 Å². The number of carbonyl (C=O) groups excluding carboxylic acids is 2. The molecule has 0 aliphatic carbocycles. The largest absolute Gasteiger partial charge is 0.447 e. The quantitative estimate of drug-likeness (QED) is 0.773. The fourth-order valence-electron chi connectivity index (χ4n) is 2.13. The van der Waals surface area contributed by atoms with E-state index in [2.05, 4.69) is 0 Å². The number of benzene rings is 2. The van der Waals surface area contributed by atoms with Gasteiger partial charge in [-0.15, -0.1) is 23.5 Å². The minimum atomic E-state index is -0.326. The maximum atomic E-state index is 12.0. The molecule has 0 amide bonds. The molecular weight excluding hydrogens is 344 g/mol. The van der Waals surface area contributed by atoms with Gasteiger partial charge < -0.3 is 9.47 Å². The van der Waals surface area contributed by atoms with Gasteiger partial charge in [0.15, 0.2) is 10.9 Å². The van der Waals surface area contributed by atoms with Gasteiger partial charge in [-0.3, -0.25) is 0 Å². The Morgan fingerprint density at radius 3 is 1.42 bits per heavy atom. The molecule has 0 N–H and O–H groups in total. The number of hydrogen-bond donors (Lipinski definition) is 0. The molecule has 1 heterocycles. The molecule has 1 aliphatic rings. The number of rotatable bonds is 4. The standard InChI is InChI=1S/C18H16O4S2/c19-17(13-7-3-1-4-8-13)21-15-11-24-16(12-23-15)22-18(20)14-9-5-2-6-10-14/h1-10,15-16H,11-12H2/t15-,16+. The number of ether oxygens (including phenoxy) is 2. The summed E-state index contributed by atoms with van der Waals surface area (Å²) in [5.74, 6) is 0.535. The summed E-state index contributed by atoms with van der Waals surface area (Å²) >= 11 is 2.98. The van der Waals surface area contributed by atoms with E-state index in [0.29, 0.717) is 22.6 Å². The fourth-order valence-corrected chi connectivity index (χ4v) is 4.56. The molecule has 24 heavy (non-hydrogen) atoms. The Hall–Kier alpha value is -1.92. The van der Waals surface area contributed by atoms with Crippen molar-refractivity contribution < 1.29 is 19.1 Å². The molecule has 2 aromatic rings. The summed E-state index contributed by atoms with van der Waals surface area (Å²) in [6, 6.07) is 17.8. The predicted octanol–water partition coefficient (Wildman–Crippen LogP) is 3.83. The Labute approximate surface area is 148 Å². The molecule has 0 unspecified atom stereocenters. The van der Waals surface area contributed by atoms with Crippen LogP contribution in [0.25, 0.3) is 0 Å². The zero-order valence-electron chi connectivity index (χ0n) is 12.8. The van der Waals surface area contributed by atoms with Crippen LogP contribution in [0.4, 0.5) is 0 Å². The molecular formula is C18H16O4S2. The molecule has 4 nitrogen and oxygen atoms in total. The van der Waals surface area contributed by atoms with Crippen LogP contribution in [0.2, 0.25) is 0 Å². The average molecular weight is 360 g/mol. The van der Waals surface area contributed by atoms with Crippen LogP contribution in [0.1, 0.15) is 20.7 Å². The van der Waals surface area contributed by atoms with Crippen molar-refractivity contribution in [1.82, 2.24) is 0 Å². The summed E-state index contributed by atoms with van der Waals surface area (Å²) < 4.78 is 11.0. The molecule has 6 heteroatoms. The molecule has 2 aromatic carbocycles. The van der Waals surface area contributed by atoms with Crippen LogP contribution in [-0.4, -0.2) is 34.3 Å². The lowest BCUT2D eigenvalue weighted by Gasteiger charge is -2.27. The summed E-state index contributed by atoms with van der Waals surface area (Å²) in [6.07, 6.45) is 0. The van der Waals surface area contributed by atoms with Gasteiger partial charge >= 0.3 is 11.9 Å². The van der Waals surface area contributed by atoms with Crippen LogP contribution in [0, 0.1) is 0 Å². The highest BCUT2D eigenvalue weighted by atomic mass is 32.2. The van der Waals surface area contributed by atoms with Gasteiger partial charge in [0.1, 0.15) is 0 Å². The lowest BCUT2D eigenvalue weighted by molar-refractivity contribution is 0.0444. The van der Waals surface area contributed by atoms with Gasteiger partial charge in [-0.1, -0.05) is 36.4 Å². The van der Waals surface area contributed by atoms with Crippen molar-refractivity contribution in [2.45, 2.75) is 10.9 Å². The van der Waals surface area contributed by atoms with Crippen molar-refractivity contribution in [2.75, 3.05) is 11.5 Å². The Balaban J connectivity index is 1.46. The van der Waals surface area contributed by atoms with Gasteiger partial charge in [0.2, 0.25) is 0 Å². The molecule has 2 atom stereocenters. The first kappa shape index (κ1) is 16.9. The van der Waals surface area contributed by atoms with Crippen molar-refractivity contribution in [3.05, 3.63) is 71.8 Å². The second kappa shape index (κ2) is 8.26. The maximum absolute atomic E-state index is 12.0. The fraction of sp³-hybridized carbons (Fsp3) is 0.222. The highest BCUT2D eigenvalue weighted by molar-refractivity contribution is 8.06. The van der Waals surface area contributed by atoms with Gasteiger partial charge in [-0.25, -0.2) is 9.59 Å². The molecule has 124 valence electrons. The van der Waals surface area contributed by atoms with Crippen LogP contribution in [-0.2, 0) is 9.47 Å². The average Bonchev–Trinajstić information content (AvgIpc) is 2.65. The van der Waals surface area contributed by atoms with Gasteiger partial charge in [0.25, 0.3) is 0 Å². The summed E-state index contributed by atoms with van der Waals surface area (Å²) in [5, 5.41) is 0. The topological polar surface area (TPSA) is 52.6 Å². The van der Waals surface area contributed by atoms with Crippen molar-refractivity contribution >= 4 is 35.5 Å². The van der Waals surface area contributed by atoms with Gasteiger partial charge in [0, 0.05) is 11.5 Å². The molecule has 0 spiro atoms. The highest BCUT2D eigenvalue weighted by Crippen LogP contribution is 2.32. The molecule has 1 fully saturated rings. The van der Waals surface area contributed by atoms with E-state index in [-0.39, 0.29) is 22.8 Å². The lowest BCUT2D eigenvalue weighted by atomic mass is 10.2. The maximum Gasteiger partial charge on any atom is 0.339 e. The first-order valence-electron chi connectivity index (χ1n) is 7.47. The Morgan fingerprint density at radius 2 is 1.08 bits per heavy atom. The third-order valence-corrected chi connectivity index (χ3v) is 6.01. The van der Waals surface area contributed by atoms with Crippen LogP contribution < -0.4 is 0 Å². The Kier molecular flexibility index (Phi) is 5.82. The molecule has 1 saturated heterocycles. The number of hydrogen-bond acceptors (Lipinski definition) is 6. The highest BCUT2D eigenvalue weighted by Gasteiger charge is 2.28. The van der Waals surface area contributed by atoms with E-state index < -0.39 is 0 Å². The minimum absolute atomic E-state index is 0.227. The number of carbonyl (C=O) groups is 2. The van der Waals surface area contributed by atoms with E-state index in [0.717, 1.165) is 0 Å². The van der Waals surface area contributed by atoms with E-state index in [1.807, 2.05) is 12.1 Å². The monoisotopic (exact) mass is 360 g/mol. The molecule has 0 aromatic heterocycles. The first-order chi connectivity index (χ1) is 11.7. The van der Waals surface area contributed by atoms with Crippen molar-refractivity contribution in [1.29, 1.82) is 0 Å². The van der Waals surface area contributed by atoms with E-state index in [1.54, 1.807) is 48.5 Å². The number of esters is 2. The van der Waals surface area contributed by atoms with Crippen molar-refractivity contribution in [3.63, 3.8) is 0 Å². The zero-order valence-corrected chi connectivity index (χ0v) is 14.4. The molecule has 3 rings (SSSR count). The van der Waals surface area contributed by atoms with Crippen molar-refractivity contribution in [2.24, 2.45) is 0 Å². The smallest absolute Gasteiger partial charge is 0.339 e. The molecule has 0 bridgehead atoms. The SMILES string of the molecule is O=C(O[C@H]1CS[C@H](OC(=O)c2ccccc2)CS1)c1ccccc1. The second-order valence-electron chi connectivity index (χ2n) is 5.07. The van der Waals surface area contributed by atoms with E-state index in [1.165, 1.54) is 23.5 Å². The van der Waals surface area contributed by atoms with Gasteiger partial charge in [-0.2, -0.15) is 0 Å². The molecule has 1 aliphatic heterocycles. The van der Waals surface area contributed by atoms with E-state index in [4.69, 9.17) is 9.47 Å². The van der Waals surface area contributed by atoms with Gasteiger partial charge in [-0.05, 0) is 24.3 Å². The first-order valence-corrected chi connectivity index (χ1v) is 9.57. The molecule has 0 saturated carbocycles. The van der Waals surface area contributed by atoms with Crippen LogP contribution >= 0.6 is 23.5 Å². The summed E-state index contributed by atoms with van der Waals surface area (Å²) in [4.78, 5) is 24.1. The summed E-state index contributed by atoms with van der Waals surface area (Å²) in [7, 11) is 0. The second-order valence-corrected chi connectivity index (χ2v) is 7.45. The summed E-state index contributed by atoms with van der Waals surface area (Å²) in [6.45, 7) is 0. The van der Waals surface area contributed by atoms with Crippen LogP contribution in [0.3, 0.4) is 0 Å². The Morgan fingerprint density at radius 1 is 0.708 bits per heavy atom.